The van der Waals surface area contributed by atoms with Gasteiger partial charge in [0.1, 0.15) is 11.5 Å². The van der Waals surface area contributed by atoms with E-state index in [1.165, 1.54) is 25.7 Å². The molecule has 1 saturated carbocycles. The number of amides is 1. The molecule has 1 fully saturated rings. The van der Waals surface area contributed by atoms with Gasteiger partial charge in [0.2, 0.25) is 0 Å². The number of nitrogens with zero attached hydrogens (tertiary/aromatic N) is 2. The Kier molecular flexibility index (Phi) is 6.77. The van der Waals surface area contributed by atoms with E-state index >= 15 is 0 Å². The highest BCUT2D eigenvalue weighted by molar-refractivity contribution is 5.94. The molecule has 6 nitrogen and oxygen atoms in total. The van der Waals surface area contributed by atoms with Crippen molar-refractivity contribution in [3.05, 3.63) is 66.5 Å². The zero-order valence-corrected chi connectivity index (χ0v) is 17.7. The Morgan fingerprint density at radius 1 is 0.839 bits per heavy atom. The average molecular weight is 418 g/mol. The molecule has 0 aliphatic heterocycles. The third-order valence-electron chi connectivity index (χ3n) is 5.57. The van der Waals surface area contributed by atoms with Crippen molar-refractivity contribution in [3.8, 4) is 28.6 Å². The van der Waals surface area contributed by atoms with Crippen LogP contribution in [0, 0.1) is 0 Å². The number of carbonyl (C=O) groups excluding carboxylic acids is 1. The predicted octanol–water partition coefficient (Wildman–Crippen LogP) is 5.40. The van der Waals surface area contributed by atoms with Crippen molar-refractivity contribution in [2.45, 2.75) is 44.6 Å². The molecule has 0 saturated heterocycles. The summed E-state index contributed by atoms with van der Waals surface area (Å²) >= 11 is 0. The minimum Gasteiger partial charge on any atom is -0.497 e. The fraction of sp³-hybridized carbons (Fsp3) is 0.320. The molecule has 6 heteroatoms. The molecular formula is C25H27N3O3. The Hall–Kier alpha value is -3.41. The highest BCUT2D eigenvalue weighted by Crippen LogP contribution is 2.24. The second-order valence-corrected chi connectivity index (χ2v) is 7.77. The number of aromatic nitrogens is 2. The molecule has 0 spiro atoms. The van der Waals surface area contributed by atoms with Gasteiger partial charge in [-0.15, -0.1) is 0 Å². The van der Waals surface area contributed by atoms with E-state index in [2.05, 4.69) is 15.3 Å². The molecule has 1 aliphatic rings. The van der Waals surface area contributed by atoms with Gasteiger partial charge in [-0.3, -0.25) is 4.79 Å². The number of methoxy groups -OCH3 is 1. The van der Waals surface area contributed by atoms with Crippen LogP contribution >= 0.6 is 0 Å². The van der Waals surface area contributed by atoms with Crippen LogP contribution in [0.25, 0.3) is 11.1 Å². The molecule has 1 aromatic heterocycles. The Balaban J connectivity index is 1.37. The minimum absolute atomic E-state index is 0.00191. The Morgan fingerprint density at radius 3 is 2.06 bits per heavy atom. The van der Waals surface area contributed by atoms with Gasteiger partial charge in [-0.2, -0.15) is 0 Å². The minimum atomic E-state index is -0.00191. The van der Waals surface area contributed by atoms with Gasteiger partial charge in [0.15, 0.2) is 0 Å². The van der Waals surface area contributed by atoms with E-state index in [0.717, 1.165) is 29.7 Å². The third-order valence-corrected chi connectivity index (χ3v) is 5.57. The summed E-state index contributed by atoms with van der Waals surface area (Å²) in [6.07, 6.45) is 10.5. The van der Waals surface area contributed by atoms with E-state index in [4.69, 9.17) is 9.47 Å². The molecule has 3 aromatic rings. The number of benzene rings is 2. The number of rotatable bonds is 6. The topological polar surface area (TPSA) is 73.3 Å². The molecule has 1 heterocycles. The standard InChI is InChI=1S/C25H27N3O3/c1-30-22-12-14-23(15-13-22)31-25-26-16-20(17-27-25)18-8-10-19(11-9-18)24(29)28-21-6-4-2-3-5-7-21/h8-17,21H,2-7H2,1H3,(H,28,29). The van der Waals surface area contributed by atoms with Crippen LogP contribution in [0.1, 0.15) is 48.9 Å². The molecular weight excluding hydrogens is 390 g/mol. The smallest absolute Gasteiger partial charge is 0.321 e. The molecule has 1 N–H and O–H groups in total. The van der Waals surface area contributed by atoms with Gasteiger partial charge in [0, 0.05) is 29.6 Å². The Morgan fingerprint density at radius 2 is 1.45 bits per heavy atom. The average Bonchev–Trinajstić information content (AvgIpc) is 3.09. The van der Waals surface area contributed by atoms with Gasteiger partial charge in [0.05, 0.1) is 7.11 Å². The van der Waals surface area contributed by atoms with Crippen LogP contribution in [0.4, 0.5) is 0 Å². The Labute approximate surface area is 182 Å². The lowest BCUT2D eigenvalue weighted by molar-refractivity contribution is 0.0933. The molecule has 0 bridgehead atoms. The summed E-state index contributed by atoms with van der Waals surface area (Å²) < 4.78 is 10.8. The SMILES string of the molecule is COc1ccc(Oc2ncc(-c3ccc(C(=O)NC4CCCCCC4)cc3)cn2)cc1. The van der Waals surface area contributed by atoms with Crippen molar-refractivity contribution in [1.29, 1.82) is 0 Å². The van der Waals surface area contributed by atoms with Crippen LogP contribution in [-0.2, 0) is 0 Å². The number of hydrogen-bond donors (Lipinski definition) is 1. The highest BCUT2D eigenvalue weighted by atomic mass is 16.5. The molecule has 2 aromatic carbocycles. The summed E-state index contributed by atoms with van der Waals surface area (Å²) in [5.74, 6) is 1.39. The van der Waals surface area contributed by atoms with Crippen molar-refractivity contribution in [1.82, 2.24) is 15.3 Å². The quantitative estimate of drug-likeness (QED) is 0.544. The lowest BCUT2D eigenvalue weighted by Crippen LogP contribution is -2.34. The molecule has 160 valence electrons. The van der Waals surface area contributed by atoms with Crippen LogP contribution in [0.3, 0.4) is 0 Å². The molecule has 0 radical (unpaired) electrons. The maximum atomic E-state index is 12.6. The fourth-order valence-corrected chi connectivity index (χ4v) is 3.77. The molecule has 0 unspecified atom stereocenters. The molecule has 1 aliphatic carbocycles. The third kappa shape index (κ3) is 5.60. The van der Waals surface area contributed by atoms with Crippen LogP contribution in [0.2, 0.25) is 0 Å². The summed E-state index contributed by atoms with van der Waals surface area (Å²) in [6.45, 7) is 0. The van der Waals surface area contributed by atoms with Crippen LogP contribution in [0.15, 0.2) is 60.9 Å². The van der Waals surface area contributed by atoms with Crippen LogP contribution in [0.5, 0.6) is 17.5 Å². The predicted molar refractivity (Wildman–Crippen MR) is 119 cm³/mol. The first-order valence-corrected chi connectivity index (χ1v) is 10.8. The first-order chi connectivity index (χ1) is 15.2. The van der Waals surface area contributed by atoms with Gasteiger partial charge >= 0.3 is 6.01 Å². The first-order valence-electron chi connectivity index (χ1n) is 10.8. The lowest BCUT2D eigenvalue weighted by Gasteiger charge is -2.16. The normalized spacial score (nSPS) is 14.5. The van der Waals surface area contributed by atoms with Crippen molar-refractivity contribution in [3.63, 3.8) is 0 Å². The van der Waals surface area contributed by atoms with Crippen LogP contribution < -0.4 is 14.8 Å². The zero-order valence-electron chi connectivity index (χ0n) is 17.7. The summed E-state index contributed by atoms with van der Waals surface area (Å²) in [4.78, 5) is 21.2. The highest BCUT2D eigenvalue weighted by Gasteiger charge is 2.15. The molecule has 1 amide bonds. The second-order valence-electron chi connectivity index (χ2n) is 7.77. The van der Waals surface area contributed by atoms with E-state index in [1.807, 2.05) is 36.4 Å². The largest absolute Gasteiger partial charge is 0.497 e. The van der Waals surface area contributed by atoms with Crippen LogP contribution in [-0.4, -0.2) is 29.0 Å². The van der Waals surface area contributed by atoms with Crippen molar-refractivity contribution in [2.24, 2.45) is 0 Å². The van der Waals surface area contributed by atoms with Gasteiger partial charge in [-0.25, -0.2) is 9.97 Å². The van der Waals surface area contributed by atoms with Gasteiger partial charge in [-0.1, -0.05) is 37.8 Å². The van der Waals surface area contributed by atoms with Crippen molar-refractivity contribution < 1.29 is 14.3 Å². The van der Waals surface area contributed by atoms with E-state index in [1.54, 1.807) is 31.6 Å². The zero-order chi connectivity index (χ0) is 21.5. The molecule has 0 atom stereocenters. The van der Waals surface area contributed by atoms with Gasteiger partial charge in [0.25, 0.3) is 5.91 Å². The monoisotopic (exact) mass is 417 g/mol. The maximum Gasteiger partial charge on any atom is 0.321 e. The first kappa shape index (κ1) is 20.8. The maximum absolute atomic E-state index is 12.6. The number of nitrogens with one attached hydrogen (secondary N) is 1. The fourth-order valence-electron chi connectivity index (χ4n) is 3.77. The van der Waals surface area contributed by atoms with E-state index in [0.29, 0.717) is 17.4 Å². The second kappa shape index (κ2) is 10.1. The molecule has 4 rings (SSSR count). The summed E-state index contributed by atoms with van der Waals surface area (Å²) in [6, 6.07) is 15.3. The van der Waals surface area contributed by atoms with E-state index in [9.17, 15) is 4.79 Å². The summed E-state index contributed by atoms with van der Waals surface area (Å²) in [5, 5.41) is 3.18. The Bertz CT molecular complexity index is 978. The lowest BCUT2D eigenvalue weighted by atomic mass is 10.1. The molecule has 31 heavy (non-hydrogen) atoms. The number of hydrogen-bond acceptors (Lipinski definition) is 5. The summed E-state index contributed by atoms with van der Waals surface area (Å²) in [7, 11) is 1.62. The van der Waals surface area contributed by atoms with E-state index in [-0.39, 0.29) is 11.9 Å². The van der Waals surface area contributed by atoms with Crippen molar-refractivity contribution >= 4 is 5.91 Å². The van der Waals surface area contributed by atoms with E-state index < -0.39 is 0 Å². The summed E-state index contributed by atoms with van der Waals surface area (Å²) in [5.41, 5.74) is 2.48. The number of carbonyl (C=O) groups is 1. The van der Waals surface area contributed by atoms with Crippen molar-refractivity contribution in [2.75, 3.05) is 7.11 Å². The number of ether oxygens (including phenoxy) is 2. The van der Waals surface area contributed by atoms with Gasteiger partial charge < -0.3 is 14.8 Å². The van der Waals surface area contributed by atoms with Gasteiger partial charge in [-0.05, 0) is 54.8 Å².